The first-order chi connectivity index (χ1) is 9.42. The standard InChI is InChI=1S/C19H18/c1-2-12-18(13-3-1)19(14-16-8-4-5-9-16)15-17-10-6-7-11-17/h1-14,16-17H,15H2/b19-14-. The molecule has 0 amide bonds. The van der Waals surface area contributed by atoms with E-state index in [0.29, 0.717) is 11.8 Å². The van der Waals surface area contributed by atoms with Crippen molar-refractivity contribution < 1.29 is 0 Å². The Hall–Kier alpha value is -2.08. The number of allylic oxidation sites excluding steroid dienone is 10. The van der Waals surface area contributed by atoms with Crippen molar-refractivity contribution in [3.05, 3.63) is 90.6 Å². The number of rotatable bonds is 4. The van der Waals surface area contributed by atoms with Crippen LogP contribution >= 0.6 is 0 Å². The zero-order valence-electron chi connectivity index (χ0n) is 10.9. The molecular formula is C19H18. The summed E-state index contributed by atoms with van der Waals surface area (Å²) >= 11 is 0. The molecule has 0 heteroatoms. The van der Waals surface area contributed by atoms with Gasteiger partial charge in [-0.2, -0.15) is 0 Å². The third-order valence-electron chi connectivity index (χ3n) is 3.60. The average Bonchev–Trinajstić information content (AvgIpc) is 3.12. The Morgan fingerprint density at radius 2 is 1.47 bits per heavy atom. The van der Waals surface area contributed by atoms with E-state index < -0.39 is 0 Å². The second kappa shape index (κ2) is 5.71. The van der Waals surface area contributed by atoms with E-state index in [1.807, 2.05) is 0 Å². The summed E-state index contributed by atoms with van der Waals surface area (Å²) in [5.41, 5.74) is 2.77. The molecule has 0 heterocycles. The van der Waals surface area contributed by atoms with Crippen LogP contribution in [0, 0.1) is 11.8 Å². The van der Waals surface area contributed by atoms with Crippen molar-refractivity contribution in [3.63, 3.8) is 0 Å². The molecular weight excluding hydrogens is 228 g/mol. The van der Waals surface area contributed by atoms with Gasteiger partial charge in [-0.25, -0.2) is 0 Å². The van der Waals surface area contributed by atoms with Crippen LogP contribution in [0.15, 0.2) is 85.0 Å². The zero-order chi connectivity index (χ0) is 12.9. The highest BCUT2D eigenvalue weighted by Gasteiger charge is 2.11. The van der Waals surface area contributed by atoms with Gasteiger partial charge in [-0.3, -0.25) is 0 Å². The Balaban J connectivity index is 1.86. The molecule has 0 saturated carbocycles. The van der Waals surface area contributed by atoms with Crippen LogP contribution in [0.25, 0.3) is 5.57 Å². The molecule has 0 N–H and O–H groups in total. The number of hydrogen-bond acceptors (Lipinski definition) is 0. The van der Waals surface area contributed by atoms with Gasteiger partial charge in [0.2, 0.25) is 0 Å². The average molecular weight is 246 g/mol. The summed E-state index contributed by atoms with van der Waals surface area (Å²) in [5.74, 6) is 0.991. The molecule has 0 nitrogen and oxygen atoms in total. The fourth-order valence-electron chi connectivity index (χ4n) is 2.59. The molecule has 0 radical (unpaired) electrons. The maximum Gasteiger partial charge on any atom is 0.0139 e. The Kier molecular flexibility index (Phi) is 3.60. The van der Waals surface area contributed by atoms with Gasteiger partial charge in [-0.1, -0.05) is 85.0 Å². The maximum atomic E-state index is 2.38. The zero-order valence-corrected chi connectivity index (χ0v) is 10.9. The minimum Gasteiger partial charge on any atom is -0.0773 e. The summed E-state index contributed by atoms with van der Waals surface area (Å²) in [7, 11) is 0. The van der Waals surface area contributed by atoms with E-state index in [9.17, 15) is 0 Å². The largest absolute Gasteiger partial charge is 0.0773 e. The molecule has 1 aromatic carbocycles. The van der Waals surface area contributed by atoms with E-state index in [-0.39, 0.29) is 0 Å². The third kappa shape index (κ3) is 3.03. The summed E-state index contributed by atoms with van der Waals surface area (Å²) in [6.45, 7) is 0. The first-order valence-corrected chi connectivity index (χ1v) is 6.88. The van der Waals surface area contributed by atoms with Crippen molar-refractivity contribution in [2.24, 2.45) is 11.8 Å². The minimum atomic E-state index is 0.449. The van der Waals surface area contributed by atoms with Gasteiger partial charge in [0.25, 0.3) is 0 Å². The van der Waals surface area contributed by atoms with Crippen molar-refractivity contribution in [3.8, 4) is 0 Å². The molecule has 0 unspecified atom stereocenters. The van der Waals surface area contributed by atoms with Gasteiger partial charge in [0.1, 0.15) is 0 Å². The van der Waals surface area contributed by atoms with E-state index in [1.165, 1.54) is 11.1 Å². The van der Waals surface area contributed by atoms with E-state index >= 15 is 0 Å². The first kappa shape index (κ1) is 12.0. The summed E-state index contributed by atoms with van der Waals surface area (Å²) < 4.78 is 0. The van der Waals surface area contributed by atoms with Crippen molar-refractivity contribution in [2.75, 3.05) is 0 Å². The third-order valence-corrected chi connectivity index (χ3v) is 3.60. The lowest BCUT2D eigenvalue weighted by Crippen LogP contribution is -1.96. The molecule has 19 heavy (non-hydrogen) atoms. The van der Waals surface area contributed by atoms with Crippen LogP contribution < -0.4 is 0 Å². The summed E-state index contributed by atoms with van der Waals surface area (Å²) in [5, 5.41) is 0. The highest BCUT2D eigenvalue weighted by molar-refractivity contribution is 5.67. The molecule has 0 bridgehead atoms. The fourth-order valence-corrected chi connectivity index (χ4v) is 2.59. The van der Waals surface area contributed by atoms with Crippen LogP contribution in [0.1, 0.15) is 12.0 Å². The van der Waals surface area contributed by atoms with E-state index in [4.69, 9.17) is 0 Å². The van der Waals surface area contributed by atoms with Crippen molar-refractivity contribution in [2.45, 2.75) is 6.42 Å². The van der Waals surface area contributed by atoms with E-state index in [0.717, 1.165) is 6.42 Å². The molecule has 94 valence electrons. The molecule has 0 atom stereocenters. The van der Waals surface area contributed by atoms with Gasteiger partial charge in [-0.15, -0.1) is 0 Å². The van der Waals surface area contributed by atoms with E-state index in [2.05, 4.69) is 85.0 Å². The molecule has 0 saturated heterocycles. The topological polar surface area (TPSA) is 0 Å². The lowest BCUT2D eigenvalue weighted by molar-refractivity contribution is 0.853. The van der Waals surface area contributed by atoms with Gasteiger partial charge in [0, 0.05) is 5.92 Å². The van der Waals surface area contributed by atoms with Gasteiger partial charge in [0.05, 0.1) is 0 Å². The quantitative estimate of drug-likeness (QED) is 0.705. The van der Waals surface area contributed by atoms with Crippen molar-refractivity contribution in [1.29, 1.82) is 0 Å². The summed E-state index contributed by atoms with van der Waals surface area (Å²) in [6, 6.07) is 10.7. The Morgan fingerprint density at radius 1 is 0.842 bits per heavy atom. The van der Waals surface area contributed by atoms with Crippen molar-refractivity contribution >= 4 is 5.57 Å². The highest BCUT2D eigenvalue weighted by Crippen LogP contribution is 2.28. The second-order valence-electron chi connectivity index (χ2n) is 5.04. The highest BCUT2D eigenvalue weighted by atomic mass is 14.2. The number of benzene rings is 1. The van der Waals surface area contributed by atoms with Gasteiger partial charge in [-0.05, 0) is 23.5 Å². The maximum absolute atomic E-state index is 2.38. The van der Waals surface area contributed by atoms with Crippen LogP contribution in [0.3, 0.4) is 0 Å². The van der Waals surface area contributed by atoms with E-state index in [1.54, 1.807) is 0 Å². The molecule has 0 aliphatic heterocycles. The predicted octanol–water partition coefficient (Wildman–Crippen LogP) is 4.94. The van der Waals surface area contributed by atoms with Crippen LogP contribution in [0.2, 0.25) is 0 Å². The molecule has 0 spiro atoms. The molecule has 2 aliphatic carbocycles. The van der Waals surface area contributed by atoms with Crippen LogP contribution in [-0.2, 0) is 0 Å². The van der Waals surface area contributed by atoms with Crippen molar-refractivity contribution in [1.82, 2.24) is 0 Å². The first-order valence-electron chi connectivity index (χ1n) is 6.88. The lowest BCUT2D eigenvalue weighted by atomic mass is 9.92. The molecule has 0 aromatic heterocycles. The monoisotopic (exact) mass is 246 g/mol. The lowest BCUT2D eigenvalue weighted by Gasteiger charge is -2.13. The second-order valence-corrected chi connectivity index (χ2v) is 5.04. The Labute approximate surface area is 115 Å². The van der Waals surface area contributed by atoms with Gasteiger partial charge in [0.15, 0.2) is 0 Å². The summed E-state index contributed by atoms with van der Waals surface area (Å²) in [4.78, 5) is 0. The molecule has 1 aromatic rings. The van der Waals surface area contributed by atoms with Crippen LogP contribution in [0.5, 0.6) is 0 Å². The van der Waals surface area contributed by atoms with Crippen LogP contribution in [-0.4, -0.2) is 0 Å². The Morgan fingerprint density at radius 3 is 2.16 bits per heavy atom. The SMILES string of the molecule is C1=CC(/C=C(/CC2C=CC=C2)c2ccccc2)C=C1. The molecule has 3 rings (SSSR count). The smallest absolute Gasteiger partial charge is 0.0139 e. The van der Waals surface area contributed by atoms with Gasteiger partial charge >= 0.3 is 0 Å². The Bertz CT molecular complexity index is 543. The number of hydrogen-bond donors (Lipinski definition) is 0. The normalized spacial score (nSPS) is 18.8. The predicted molar refractivity (Wildman–Crippen MR) is 82.6 cm³/mol. The molecule has 2 aliphatic rings. The molecule has 0 fully saturated rings. The van der Waals surface area contributed by atoms with Crippen LogP contribution in [0.4, 0.5) is 0 Å². The van der Waals surface area contributed by atoms with Gasteiger partial charge < -0.3 is 0 Å². The fraction of sp³-hybridized carbons (Fsp3) is 0.158. The summed E-state index contributed by atoms with van der Waals surface area (Å²) in [6.07, 6.45) is 21.0. The minimum absolute atomic E-state index is 0.449.